The van der Waals surface area contributed by atoms with Gasteiger partial charge < -0.3 is 4.74 Å². The number of carbonyl (C=O) groups is 1. The molecule has 0 aromatic heterocycles. The molecule has 0 bridgehead atoms. The molecule has 0 radical (unpaired) electrons. The van der Waals surface area contributed by atoms with Crippen LogP contribution in [0.2, 0.25) is 0 Å². The number of esters is 1. The van der Waals surface area contributed by atoms with Crippen LogP contribution in [-0.2, 0) is 11.2 Å². The minimum absolute atomic E-state index is 0.104. The molecule has 0 saturated heterocycles. The number of rotatable bonds is 7. The maximum Gasteiger partial charge on any atom is 0.317 e. The van der Waals surface area contributed by atoms with Gasteiger partial charge >= 0.3 is 5.97 Å². The second-order valence-electron chi connectivity index (χ2n) is 5.40. The highest BCUT2D eigenvalue weighted by Crippen LogP contribution is 2.30. The minimum atomic E-state index is -0.362. The van der Waals surface area contributed by atoms with Crippen LogP contribution in [0.1, 0.15) is 58.9 Å². The quantitative estimate of drug-likeness (QED) is 0.523. The molecule has 0 fully saturated rings. The third-order valence-corrected chi connectivity index (χ3v) is 3.90. The molecule has 0 saturated carbocycles. The van der Waals surface area contributed by atoms with Gasteiger partial charge in [-0.15, -0.1) is 0 Å². The van der Waals surface area contributed by atoms with Gasteiger partial charge in [-0.05, 0) is 43.9 Å². The Morgan fingerprint density at radius 1 is 1.16 bits per heavy atom. The molecule has 0 N–H and O–H groups in total. The lowest BCUT2D eigenvalue weighted by Crippen LogP contribution is -2.31. The van der Waals surface area contributed by atoms with Crippen molar-refractivity contribution in [2.45, 2.75) is 59.8 Å². The summed E-state index contributed by atoms with van der Waals surface area (Å²) in [5.74, 6) is 0.547. The number of carbonyl (C=O) groups excluding carboxylic acids is 1. The molecule has 1 aromatic carbocycles. The summed E-state index contributed by atoms with van der Waals surface area (Å²) >= 11 is 0. The van der Waals surface area contributed by atoms with Crippen LogP contribution in [-0.4, -0.2) is 5.97 Å². The van der Waals surface area contributed by atoms with Crippen LogP contribution in [0.5, 0.6) is 5.75 Å². The largest absolute Gasteiger partial charge is 0.426 e. The second-order valence-corrected chi connectivity index (χ2v) is 5.40. The second kappa shape index (κ2) is 7.32. The van der Waals surface area contributed by atoms with Crippen molar-refractivity contribution in [3.63, 3.8) is 0 Å². The Morgan fingerprint density at radius 3 is 2.26 bits per heavy atom. The maximum atomic E-state index is 12.3. The van der Waals surface area contributed by atoms with Crippen molar-refractivity contribution in [3.05, 3.63) is 29.8 Å². The van der Waals surface area contributed by atoms with Crippen LogP contribution in [0.15, 0.2) is 24.3 Å². The van der Waals surface area contributed by atoms with E-state index in [4.69, 9.17) is 4.74 Å². The van der Waals surface area contributed by atoms with Gasteiger partial charge in [0.1, 0.15) is 5.75 Å². The van der Waals surface area contributed by atoms with Crippen molar-refractivity contribution in [3.8, 4) is 5.75 Å². The molecule has 1 rings (SSSR count). The van der Waals surface area contributed by atoms with Gasteiger partial charge in [0, 0.05) is 0 Å². The molecule has 106 valence electrons. The molecule has 1 unspecified atom stereocenters. The molecule has 0 amide bonds. The maximum absolute atomic E-state index is 12.3. The highest BCUT2D eigenvalue weighted by molar-refractivity contribution is 5.78. The lowest BCUT2D eigenvalue weighted by molar-refractivity contribution is -0.145. The number of benzene rings is 1. The van der Waals surface area contributed by atoms with Gasteiger partial charge in [-0.1, -0.05) is 45.7 Å². The van der Waals surface area contributed by atoms with Gasteiger partial charge in [0.05, 0.1) is 5.41 Å². The van der Waals surface area contributed by atoms with Crippen LogP contribution in [0, 0.1) is 5.41 Å². The number of unbranched alkanes of at least 4 members (excludes halogenated alkanes) is 1. The van der Waals surface area contributed by atoms with Crippen molar-refractivity contribution in [2.75, 3.05) is 0 Å². The Labute approximate surface area is 117 Å². The summed E-state index contributed by atoms with van der Waals surface area (Å²) in [6.45, 7) is 8.31. The number of hydrogen-bond acceptors (Lipinski definition) is 2. The smallest absolute Gasteiger partial charge is 0.317 e. The van der Waals surface area contributed by atoms with Gasteiger partial charge in [-0.25, -0.2) is 0 Å². The predicted octanol–water partition coefficient (Wildman–Crippen LogP) is 4.76. The summed E-state index contributed by atoms with van der Waals surface area (Å²) in [6.07, 6.45) is 4.88. The van der Waals surface area contributed by atoms with Crippen molar-refractivity contribution in [1.29, 1.82) is 0 Å². The molecular formula is C17H26O2. The molecule has 1 aromatic rings. The van der Waals surface area contributed by atoms with Gasteiger partial charge in [0.15, 0.2) is 0 Å². The zero-order valence-corrected chi connectivity index (χ0v) is 12.7. The van der Waals surface area contributed by atoms with Crippen molar-refractivity contribution < 1.29 is 9.53 Å². The lowest BCUT2D eigenvalue weighted by atomic mass is 9.82. The molecule has 1 atom stereocenters. The summed E-state index contributed by atoms with van der Waals surface area (Å²) < 4.78 is 5.53. The minimum Gasteiger partial charge on any atom is -0.426 e. The predicted molar refractivity (Wildman–Crippen MR) is 79.4 cm³/mol. The molecule has 0 aliphatic rings. The van der Waals surface area contributed by atoms with Crippen LogP contribution < -0.4 is 4.74 Å². The normalized spacial score (nSPS) is 13.9. The van der Waals surface area contributed by atoms with E-state index in [1.807, 2.05) is 31.2 Å². The first-order valence-electron chi connectivity index (χ1n) is 7.37. The number of ether oxygens (including phenoxy) is 1. The molecule has 0 spiro atoms. The molecule has 19 heavy (non-hydrogen) atoms. The molecule has 2 heteroatoms. The Bertz CT molecular complexity index is 394. The highest BCUT2D eigenvalue weighted by Gasteiger charge is 2.32. The van der Waals surface area contributed by atoms with Gasteiger partial charge in [0.2, 0.25) is 0 Å². The fourth-order valence-corrected chi connectivity index (χ4v) is 2.01. The average molecular weight is 262 g/mol. The summed E-state index contributed by atoms with van der Waals surface area (Å²) in [4.78, 5) is 12.3. The van der Waals surface area contributed by atoms with E-state index >= 15 is 0 Å². The van der Waals surface area contributed by atoms with Gasteiger partial charge in [-0.2, -0.15) is 0 Å². The van der Waals surface area contributed by atoms with E-state index in [0.717, 1.165) is 32.1 Å². The number of aryl methyl sites for hydroxylation is 1. The standard InChI is InChI=1S/C17H26O2/c1-5-8-13-17(4,7-3)16(18)19-15-11-9-14(6-2)10-12-15/h9-12H,5-8,13H2,1-4H3. The van der Waals surface area contributed by atoms with E-state index in [1.54, 1.807) is 0 Å². The van der Waals surface area contributed by atoms with Crippen molar-refractivity contribution >= 4 is 5.97 Å². The first-order valence-corrected chi connectivity index (χ1v) is 7.37. The zero-order valence-electron chi connectivity index (χ0n) is 12.7. The highest BCUT2D eigenvalue weighted by atomic mass is 16.5. The molecule has 0 heterocycles. The number of hydrogen-bond donors (Lipinski definition) is 0. The third-order valence-electron chi connectivity index (χ3n) is 3.90. The van der Waals surface area contributed by atoms with Crippen LogP contribution in [0.4, 0.5) is 0 Å². The SMILES string of the molecule is CCCCC(C)(CC)C(=O)Oc1ccc(CC)cc1. The first-order chi connectivity index (χ1) is 9.05. The summed E-state index contributed by atoms with van der Waals surface area (Å²) in [7, 11) is 0. The molecule has 0 aliphatic heterocycles. The summed E-state index contributed by atoms with van der Waals surface area (Å²) in [6, 6.07) is 7.79. The van der Waals surface area contributed by atoms with E-state index in [1.165, 1.54) is 5.56 Å². The third kappa shape index (κ3) is 4.38. The zero-order chi connectivity index (χ0) is 14.3. The molecule has 0 aliphatic carbocycles. The molecule has 2 nitrogen and oxygen atoms in total. The lowest BCUT2D eigenvalue weighted by Gasteiger charge is -2.25. The van der Waals surface area contributed by atoms with E-state index in [2.05, 4.69) is 20.8 Å². The Balaban J connectivity index is 2.70. The van der Waals surface area contributed by atoms with E-state index in [9.17, 15) is 4.79 Å². The average Bonchev–Trinajstić information content (AvgIpc) is 2.45. The van der Waals surface area contributed by atoms with Crippen LogP contribution in [0.25, 0.3) is 0 Å². The van der Waals surface area contributed by atoms with E-state index in [-0.39, 0.29) is 11.4 Å². The Kier molecular flexibility index (Phi) is 6.07. The Morgan fingerprint density at radius 2 is 1.79 bits per heavy atom. The van der Waals surface area contributed by atoms with E-state index in [0.29, 0.717) is 5.75 Å². The van der Waals surface area contributed by atoms with Gasteiger partial charge in [-0.3, -0.25) is 4.79 Å². The summed E-state index contributed by atoms with van der Waals surface area (Å²) in [5, 5.41) is 0. The summed E-state index contributed by atoms with van der Waals surface area (Å²) in [5.41, 5.74) is 0.892. The Hall–Kier alpha value is -1.31. The topological polar surface area (TPSA) is 26.3 Å². The fourth-order valence-electron chi connectivity index (χ4n) is 2.01. The fraction of sp³-hybridized carbons (Fsp3) is 0.588. The van der Waals surface area contributed by atoms with Crippen LogP contribution in [0.3, 0.4) is 0 Å². The van der Waals surface area contributed by atoms with Gasteiger partial charge in [0.25, 0.3) is 0 Å². The molecular weight excluding hydrogens is 236 g/mol. The van der Waals surface area contributed by atoms with E-state index < -0.39 is 0 Å². The van der Waals surface area contributed by atoms with Crippen LogP contribution >= 0.6 is 0 Å². The monoisotopic (exact) mass is 262 g/mol. The van der Waals surface area contributed by atoms with Crippen molar-refractivity contribution in [2.24, 2.45) is 5.41 Å². The first kappa shape index (κ1) is 15.7. The van der Waals surface area contributed by atoms with Crippen molar-refractivity contribution in [1.82, 2.24) is 0 Å².